The third-order valence-electron chi connectivity index (χ3n) is 4.08. The highest BCUT2D eigenvalue weighted by molar-refractivity contribution is 5.82. The summed E-state index contributed by atoms with van der Waals surface area (Å²) in [6.07, 6.45) is 5.72. The number of nitrogens with one attached hydrogen (secondary N) is 1. The van der Waals surface area contributed by atoms with Gasteiger partial charge in [0.05, 0.1) is 12.7 Å². The first-order chi connectivity index (χ1) is 9.92. The van der Waals surface area contributed by atoms with Crippen molar-refractivity contribution in [2.75, 3.05) is 13.2 Å². The predicted molar refractivity (Wildman–Crippen MR) is 83.9 cm³/mol. The zero-order valence-corrected chi connectivity index (χ0v) is 12.0. The fourth-order valence-corrected chi connectivity index (χ4v) is 2.93. The summed E-state index contributed by atoms with van der Waals surface area (Å²) in [5.74, 6) is 0. The maximum atomic E-state index is 5.85. The zero-order chi connectivity index (χ0) is 13.6. The van der Waals surface area contributed by atoms with E-state index in [9.17, 15) is 0 Å². The molecule has 1 fully saturated rings. The van der Waals surface area contributed by atoms with E-state index in [2.05, 4.69) is 47.8 Å². The van der Waals surface area contributed by atoms with Gasteiger partial charge < -0.3 is 10.1 Å². The van der Waals surface area contributed by atoms with E-state index in [0.29, 0.717) is 6.10 Å². The molecule has 0 radical (unpaired) electrons. The molecule has 0 amide bonds. The molecule has 3 rings (SSSR count). The van der Waals surface area contributed by atoms with Gasteiger partial charge in [0.2, 0.25) is 0 Å². The number of rotatable bonds is 6. The van der Waals surface area contributed by atoms with Gasteiger partial charge in [0, 0.05) is 13.1 Å². The summed E-state index contributed by atoms with van der Waals surface area (Å²) in [6.45, 7) is 2.68. The number of hydrogen-bond acceptors (Lipinski definition) is 2. The Labute approximate surface area is 121 Å². The van der Waals surface area contributed by atoms with Gasteiger partial charge in [-0.05, 0) is 35.2 Å². The summed E-state index contributed by atoms with van der Waals surface area (Å²) in [7, 11) is 0. The summed E-state index contributed by atoms with van der Waals surface area (Å²) in [4.78, 5) is 0. The molecular formula is C18H23NO. The van der Waals surface area contributed by atoms with Gasteiger partial charge >= 0.3 is 0 Å². The van der Waals surface area contributed by atoms with Gasteiger partial charge in [-0.15, -0.1) is 0 Å². The fourth-order valence-electron chi connectivity index (χ4n) is 2.93. The Bertz CT molecular complexity index is 546. The van der Waals surface area contributed by atoms with E-state index in [-0.39, 0.29) is 0 Å². The van der Waals surface area contributed by atoms with Crippen LogP contribution in [-0.2, 0) is 11.3 Å². The van der Waals surface area contributed by atoms with Gasteiger partial charge in [0.1, 0.15) is 0 Å². The zero-order valence-electron chi connectivity index (χ0n) is 12.0. The quantitative estimate of drug-likeness (QED) is 0.803. The molecule has 0 aromatic heterocycles. The van der Waals surface area contributed by atoms with Crippen LogP contribution in [-0.4, -0.2) is 19.3 Å². The molecule has 1 saturated carbocycles. The SMILES string of the molecule is c1ccc2cc(CNCCOC3CCCC3)ccc2c1. The summed E-state index contributed by atoms with van der Waals surface area (Å²) in [5.41, 5.74) is 1.34. The van der Waals surface area contributed by atoms with Crippen molar-refractivity contribution in [2.45, 2.75) is 38.3 Å². The van der Waals surface area contributed by atoms with Crippen molar-refractivity contribution in [3.8, 4) is 0 Å². The van der Waals surface area contributed by atoms with Gasteiger partial charge in [-0.3, -0.25) is 0 Å². The maximum absolute atomic E-state index is 5.85. The minimum Gasteiger partial charge on any atom is -0.377 e. The Morgan fingerprint density at radius 3 is 2.65 bits per heavy atom. The molecule has 2 aromatic rings. The molecule has 0 bridgehead atoms. The Balaban J connectivity index is 1.42. The van der Waals surface area contributed by atoms with Crippen LogP contribution in [0.15, 0.2) is 42.5 Å². The molecule has 20 heavy (non-hydrogen) atoms. The summed E-state index contributed by atoms with van der Waals surface area (Å²) in [5, 5.41) is 6.09. The molecule has 1 aliphatic carbocycles. The van der Waals surface area contributed by atoms with Crippen LogP contribution in [0.4, 0.5) is 0 Å². The second kappa shape index (κ2) is 6.87. The van der Waals surface area contributed by atoms with Crippen molar-refractivity contribution in [3.05, 3.63) is 48.0 Å². The molecule has 0 saturated heterocycles. The van der Waals surface area contributed by atoms with Crippen LogP contribution in [0.2, 0.25) is 0 Å². The Morgan fingerprint density at radius 2 is 1.80 bits per heavy atom. The van der Waals surface area contributed by atoms with Crippen LogP contribution in [0.25, 0.3) is 10.8 Å². The number of fused-ring (bicyclic) bond motifs is 1. The van der Waals surface area contributed by atoms with Gasteiger partial charge in [-0.25, -0.2) is 0 Å². The average Bonchev–Trinajstić information content (AvgIpc) is 3.00. The van der Waals surface area contributed by atoms with Gasteiger partial charge in [-0.2, -0.15) is 0 Å². The summed E-state index contributed by atoms with van der Waals surface area (Å²) >= 11 is 0. The lowest BCUT2D eigenvalue weighted by Gasteiger charge is -2.11. The number of ether oxygens (including phenoxy) is 1. The van der Waals surface area contributed by atoms with Crippen molar-refractivity contribution in [1.29, 1.82) is 0 Å². The van der Waals surface area contributed by atoms with Crippen LogP contribution in [0.5, 0.6) is 0 Å². The predicted octanol–water partition coefficient (Wildman–Crippen LogP) is 3.89. The van der Waals surface area contributed by atoms with Gasteiger partial charge in [0.25, 0.3) is 0 Å². The highest BCUT2D eigenvalue weighted by Gasteiger charge is 2.14. The molecule has 0 atom stereocenters. The molecule has 2 aromatic carbocycles. The third-order valence-corrected chi connectivity index (χ3v) is 4.08. The Hall–Kier alpha value is -1.38. The van der Waals surface area contributed by atoms with Crippen molar-refractivity contribution < 1.29 is 4.74 Å². The molecule has 106 valence electrons. The van der Waals surface area contributed by atoms with Crippen LogP contribution in [0.1, 0.15) is 31.2 Å². The second-order valence-corrected chi connectivity index (χ2v) is 5.64. The molecule has 0 spiro atoms. The second-order valence-electron chi connectivity index (χ2n) is 5.64. The number of hydrogen-bond donors (Lipinski definition) is 1. The smallest absolute Gasteiger partial charge is 0.0594 e. The molecule has 0 heterocycles. The summed E-state index contributed by atoms with van der Waals surface area (Å²) < 4.78 is 5.85. The fraction of sp³-hybridized carbons (Fsp3) is 0.444. The van der Waals surface area contributed by atoms with Crippen molar-refractivity contribution in [3.63, 3.8) is 0 Å². The molecule has 1 N–H and O–H groups in total. The normalized spacial score (nSPS) is 16.0. The molecule has 0 aliphatic heterocycles. The molecule has 1 aliphatic rings. The molecular weight excluding hydrogens is 246 g/mol. The van der Waals surface area contributed by atoms with Crippen LogP contribution in [0.3, 0.4) is 0 Å². The van der Waals surface area contributed by atoms with Crippen LogP contribution < -0.4 is 5.32 Å². The minimum atomic E-state index is 0.525. The third kappa shape index (κ3) is 3.59. The van der Waals surface area contributed by atoms with Crippen LogP contribution in [0, 0.1) is 0 Å². The molecule has 2 nitrogen and oxygen atoms in total. The topological polar surface area (TPSA) is 21.3 Å². The average molecular weight is 269 g/mol. The first-order valence-electron chi connectivity index (χ1n) is 7.72. The van der Waals surface area contributed by atoms with Crippen molar-refractivity contribution in [1.82, 2.24) is 5.32 Å². The maximum Gasteiger partial charge on any atom is 0.0594 e. The van der Waals surface area contributed by atoms with E-state index in [4.69, 9.17) is 4.74 Å². The van der Waals surface area contributed by atoms with Gasteiger partial charge in [0.15, 0.2) is 0 Å². The highest BCUT2D eigenvalue weighted by atomic mass is 16.5. The van der Waals surface area contributed by atoms with E-state index < -0.39 is 0 Å². The standard InChI is InChI=1S/C18H23NO/c1-2-6-17-13-15(9-10-16(17)5-1)14-19-11-12-20-18-7-3-4-8-18/h1-2,5-6,9-10,13,18-19H,3-4,7-8,11-12,14H2. The number of benzene rings is 2. The van der Waals surface area contributed by atoms with E-state index in [0.717, 1.165) is 19.7 Å². The van der Waals surface area contributed by atoms with E-state index in [1.54, 1.807) is 0 Å². The molecule has 2 heteroatoms. The lowest BCUT2D eigenvalue weighted by atomic mass is 10.1. The van der Waals surface area contributed by atoms with E-state index in [1.807, 2.05) is 0 Å². The largest absolute Gasteiger partial charge is 0.377 e. The lowest BCUT2D eigenvalue weighted by Crippen LogP contribution is -2.21. The Kier molecular flexibility index (Phi) is 4.67. The first-order valence-corrected chi connectivity index (χ1v) is 7.72. The van der Waals surface area contributed by atoms with Crippen molar-refractivity contribution >= 4 is 10.8 Å². The monoisotopic (exact) mass is 269 g/mol. The van der Waals surface area contributed by atoms with E-state index in [1.165, 1.54) is 42.0 Å². The first kappa shape index (κ1) is 13.6. The minimum absolute atomic E-state index is 0.525. The Morgan fingerprint density at radius 1 is 1.00 bits per heavy atom. The van der Waals surface area contributed by atoms with E-state index >= 15 is 0 Å². The lowest BCUT2D eigenvalue weighted by molar-refractivity contribution is 0.0603. The van der Waals surface area contributed by atoms with Gasteiger partial charge in [-0.1, -0.05) is 49.2 Å². The van der Waals surface area contributed by atoms with Crippen LogP contribution >= 0.6 is 0 Å². The summed E-state index contributed by atoms with van der Waals surface area (Å²) in [6, 6.07) is 15.2. The van der Waals surface area contributed by atoms with Crippen molar-refractivity contribution in [2.24, 2.45) is 0 Å². The highest BCUT2D eigenvalue weighted by Crippen LogP contribution is 2.20. The molecule has 0 unspecified atom stereocenters.